The van der Waals surface area contributed by atoms with E-state index in [4.69, 9.17) is 0 Å². The molecule has 20 heavy (non-hydrogen) atoms. The van der Waals surface area contributed by atoms with E-state index in [1.54, 1.807) is 11.1 Å². The molecular weight excluding hydrogens is 240 g/mol. The van der Waals surface area contributed by atoms with Crippen LogP contribution in [0.1, 0.15) is 37.8 Å². The second-order valence-corrected chi connectivity index (χ2v) is 6.70. The molecule has 2 aliphatic carbocycles. The molecule has 0 bridgehead atoms. The Bertz CT molecular complexity index is 757. The van der Waals surface area contributed by atoms with Crippen LogP contribution in [0.2, 0.25) is 0 Å². The topological polar surface area (TPSA) is 0 Å². The van der Waals surface area contributed by atoms with Crippen LogP contribution in [-0.4, -0.2) is 0 Å². The molecule has 0 unspecified atom stereocenters. The van der Waals surface area contributed by atoms with Crippen LogP contribution in [0.3, 0.4) is 0 Å². The molecule has 0 heterocycles. The molecule has 100 valence electrons. The lowest BCUT2D eigenvalue weighted by molar-refractivity contribution is 0.432. The quantitative estimate of drug-likeness (QED) is 0.584. The normalized spacial score (nSPS) is 19.9. The van der Waals surface area contributed by atoms with Crippen molar-refractivity contribution in [1.82, 2.24) is 0 Å². The summed E-state index contributed by atoms with van der Waals surface area (Å²) in [6.07, 6.45) is 8.28. The van der Waals surface area contributed by atoms with E-state index in [1.165, 1.54) is 41.2 Å². The first-order chi connectivity index (χ1) is 9.67. The SMILES string of the molecule is CC1(C)CC=CC2=C1CCc1c2ccc2ccccc12. The third-order valence-electron chi connectivity index (χ3n) is 5.01. The molecule has 0 amide bonds. The fourth-order valence-electron chi connectivity index (χ4n) is 3.89. The van der Waals surface area contributed by atoms with Crippen LogP contribution in [0.5, 0.6) is 0 Å². The second kappa shape index (κ2) is 4.09. The molecule has 0 aliphatic heterocycles. The third-order valence-corrected chi connectivity index (χ3v) is 5.01. The minimum atomic E-state index is 0.327. The maximum atomic E-state index is 2.39. The van der Waals surface area contributed by atoms with Gasteiger partial charge in [0.05, 0.1) is 0 Å². The first-order valence-corrected chi connectivity index (χ1v) is 7.58. The van der Waals surface area contributed by atoms with Gasteiger partial charge in [-0.25, -0.2) is 0 Å². The van der Waals surface area contributed by atoms with E-state index >= 15 is 0 Å². The molecule has 0 fully saturated rings. The lowest BCUT2D eigenvalue weighted by Crippen LogP contribution is -2.21. The average molecular weight is 260 g/mol. The second-order valence-electron chi connectivity index (χ2n) is 6.70. The molecule has 2 aliphatic rings. The highest BCUT2D eigenvalue weighted by atomic mass is 14.3. The minimum Gasteiger partial charge on any atom is -0.0831 e. The smallest absolute Gasteiger partial charge is 0.0101 e. The van der Waals surface area contributed by atoms with Crippen molar-refractivity contribution in [3.8, 4) is 0 Å². The number of aryl methyl sites for hydroxylation is 1. The summed E-state index contributed by atoms with van der Waals surface area (Å²) in [6.45, 7) is 4.77. The van der Waals surface area contributed by atoms with Crippen LogP contribution in [0.25, 0.3) is 16.3 Å². The fourth-order valence-corrected chi connectivity index (χ4v) is 3.89. The Morgan fingerprint density at radius 3 is 2.70 bits per heavy atom. The molecule has 2 aromatic carbocycles. The van der Waals surface area contributed by atoms with Crippen molar-refractivity contribution in [1.29, 1.82) is 0 Å². The van der Waals surface area contributed by atoms with Crippen LogP contribution in [0.4, 0.5) is 0 Å². The average Bonchev–Trinajstić information content (AvgIpc) is 2.46. The summed E-state index contributed by atoms with van der Waals surface area (Å²) in [5.74, 6) is 0. The Balaban J connectivity index is 2.01. The molecule has 0 saturated heterocycles. The number of allylic oxidation sites excluding steroid dienone is 4. The van der Waals surface area contributed by atoms with Crippen LogP contribution in [-0.2, 0) is 6.42 Å². The molecule has 0 atom stereocenters. The molecule has 0 radical (unpaired) electrons. The van der Waals surface area contributed by atoms with Crippen molar-refractivity contribution in [3.05, 3.63) is 65.3 Å². The zero-order chi connectivity index (χ0) is 13.7. The van der Waals surface area contributed by atoms with Crippen molar-refractivity contribution < 1.29 is 0 Å². The summed E-state index contributed by atoms with van der Waals surface area (Å²) in [5.41, 5.74) is 6.49. The van der Waals surface area contributed by atoms with Gasteiger partial charge in [0.15, 0.2) is 0 Å². The molecule has 0 spiro atoms. The van der Waals surface area contributed by atoms with Gasteiger partial charge in [-0.15, -0.1) is 0 Å². The first kappa shape index (κ1) is 12.0. The van der Waals surface area contributed by atoms with Gasteiger partial charge in [-0.1, -0.05) is 68.0 Å². The van der Waals surface area contributed by atoms with E-state index in [0.29, 0.717) is 5.41 Å². The number of rotatable bonds is 0. The molecular formula is C20H20. The molecule has 0 saturated carbocycles. The summed E-state index contributed by atoms with van der Waals surface area (Å²) >= 11 is 0. The molecule has 0 aromatic heterocycles. The molecule has 0 nitrogen and oxygen atoms in total. The summed E-state index contributed by atoms with van der Waals surface area (Å²) in [5, 5.41) is 2.81. The van der Waals surface area contributed by atoms with Gasteiger partial charge in [0.25, 0.3) is 0 Å². The van der Waals surface area contributed by atoms with E-state index in [1.807, 2.05) is 0 Å². The van der Waals surface area contributed by atoms with Crippen molar-refractivity contribution in [2.75, 3.05) is 0 Å². The lowest BCUT2D eigenvalue weighted by atomic mass is 9.68. The number of hydrogen-bond acceptors (Lipinski definition) is 0. The predicted molar refractivity (Wildman–Crippen MR) is 86.7 cm³/mol. The molecule has 2 aromatic rings. The maximum absolute atomic E-state index is 2.39. The van der Waals surface area contributed by atoms with Crippen LogP contribution >= 0.6 is 0 Å². The minimum absolute atomic E-state index is 0.327. The highest BCUT2D eigenvalue weighted by Crippen LogP contribution is 2.47. The van der Waals surface area contributed by atoms with Crippen molar-refractivity contribution >= 4 is 16.3 Å². The van der Waals surface area contributed by atoms with E-state index in [2.05, 4.69) is 62.4 Å². The Morgan fingerprint density at radius 2 is 1.80 bits per heavy atom. The monoisotopic (exact) mass is 260 g/mol. The molecule has 0 N–H and O–H groups in total. The van der Waals surface area contributed by atoms with Crippen LogP contribution in [0, 0.1) is 5.41 Å². The zero-order valence-corrected chi connectivity index (χ0v) is 12.2. The molecule has 0 heteroatoms. The maximum Gasteiger partial charge on any atom is -0.0101 e. The first-order valence-electron chi connectivity index (χ1n) is 7.58. The van der Waals surface area contributed by atoms with Crippen molar-refractivity contribution in [2.45, 2.75) is 33.1 Å². The Hall–Kier alpha value is -1.82. The Labute approximate surface area is 120 Å². The van der Waals surface area contributed by atoms with Gasteiger partial charge in [0.1, 0.15) is 0 Å². The highest BCUT2D eigenvalue weighted by Gasteiger charge is 2.31. The van der Waals surface area contributed by atoms with Crippen molar-refractivity contribution in [2.24, 2.45) is 5.41 Å². The fraction of sp³-hybridized carbons (Fsp3) is 0.300. The largest absolute Gasteiger partial charge is 0.0831 e. The van der Waals surface area contributed by atoms with Crippen LogP contribution in [0.15, 0.2) is 54.1 Å². The summed E-state index contributed by atoms with van der Waals surface area (Å²) in [6, 6.07) is 13.4. The molecule has 4 rings (SSSR count). The Morgan fingerprint density at radius 1 is 0.950 bits per heavy atom. The predicted octanol–water partition coefficient (Wildman–Crippen LogP) is 5.53. The van der Waals surface area contributed by atoms with Gasteiger partial charge < -0.3 is 0 Å². The standard InChI is InChI=1S/C20H20/c1-20(2)13-5-8-18-17-10-9-14-6-3-4-7-15(14)16(17)11-12-19(18)20/h3-10H,11-13H2,1-2H3. The number of benzene rings is 2. The lowest BCUT2D eigenvalue weighted by Gasteiger charge is -2.36. The third kappa shape index (κ3) is 1.61. The van der Waals surface area contributed by atoms with E-state index < -0.39 is 0 Å². The van der Waals surface area contributed by atoms with Crippen LogP contribution < -0.4 is 0 Å². The van der Waals surface area contributed by atoms with Gasteiger partial charge >= 0.3 is 0 Å². The summed E-state index contributed by atoms with van der Waals surface area (Å²) < 4.78 is 0. The number of hydrogen-bond donors (Lipinski definition) is 0. The van der Waals surface area contributed by atoms with Gasteiger partial charge in [0, 0.05) is 0 Å². The van der Waals surface area contributed by atoms with Crippen molar-refractivity contribution in [3.63, 3.8) is 0 Å². The zero-order valence-electron chi connectivity index (χ0n) is 12.2. The van der Waals surface area contributed by atoms with Gasteiger partial charge in [0.2, 0.25) is 0 Å². The summed E-state index contributed by atoms with van der Waals surface area (Å²) in [7, 11) is 0. The van der Waals surface area contributed by atoms with Gasteiger partial charge in [-0.2, -0.15) is 0 Å². The highest BCUT2D eigenvalue weighted by molar-refractivity contribution is 5.94. The van der Waals surface area contributed by atoms with E-state index in [9.17, 15) is 0 Å². The summed E-state index contributed by atoms with van der Waals surface area (Å²) in [4.78, 5) is 0. The van der Waals surface area contributed by atoms with Gasteiger partial charge in [-0.05, 0) is 52.1 Å². The Kier molecular flexibility index (Phi) is 2.44. The van der Waals surface area contributed by atoms with E-state index in [0.717, 1.165) is 0 Å². The van der Waals surface area contributed by atoms with Gasteiger partial charge in [-0.3, -0.25) is 0 Å². The van der Waals surface area contributed by atoms with E-state index in [-0.39, 0.29) is 0 Å². The number of fused-ring (bicyclic) bond motifs is 4.